The number of thiophene rings is 1. The van der Waals surface area contributed by atoms with E-state index in [0.29, 0.717) is 6.54 Å². The lowest BCUT2D eigenvalue weighted by molar-refractivity contribution is -0.126. The van der Waals surface area contributed by atoms with Crippen molar-refractivity contribution in [2.45, 2.75) is 39.8 Å². The van der Waals surface area contributed by atoms with Gasteiger partial charge in [0.25, 0.3) is 0 Å². The molecule has 6 nitrogen and oxygen atoms in total. The number of rotatable bonds is 8. The normalized spacial score (nSPS) is 14.8. The van der Waals surface area contributed by atoms with Crippen molar-refractivity contribution in [1.82, 2.24) is 19.8 Å². The molecule has 4 rings (SSSR count). The van der Waals surface area contributed by atoms with Crippen LogP contribution < -0.4 is 5.32 Å². The van der Waals surface area contributed by atoms with Crippen LogP contribution in [0.4, 0.5) is 5.82 Å². The second-order valence-electron chi connectivity index (χ2n) is 8.08. The third kappa shape index (κ3) is 4.84. The number of nitrogens with zero attached hydrogens (tertiary/aromatic N) is 4. The number of carbonyl (C=O) groups excluding carboxylic acids is 1. The summed E-state index contributed by atoms with van der Waals surface area (Å²) in [7, 11) is 0. The Hall–Kier alpha value is -2.77. The van der Waals surface area contributed by atoms with Crippen LogP contribution in [0.5, 0.6) is 0 Å². The van der Waals surface area contributed by atoms with Crippen LogP contribution in [-0.2, 0) is 17.8 Å². The van der Waals surface area contributed by atoms with Gasteiger partial charge in [-0.15, -0.1) is 11.3 Å². The zero-order valence-corrected chi connectivity index (χ0v) is 19.9. The highest BCUT2D eigenvalue weighted by atomic mass is 32.1. The van der Waals surface area contributed by atoms with Gasteiger partial charge in [0, 0.05) is 30.1 Å². The maximum absolute atomic E-state index is 12.7. The van der Waals surface area contributed by atoms with Crippen molar-refractivity contribution in [3.63, 3.8) is 0 Å². The van der Waals surface area contributed by atoms with Gasteiger partial charge in [-0.05, 0) is 37.6 Å². The van der Waals surface area contributed by atoms with Crippen molar-refractivity contribution in [2.75, 3.05) is 31.5 Å². The number of amides is 1. The lowest BCUT2D eigenvalue weighted by Gasteiger charge is -2.26. The molecule has 7 heteroatoms. The first-order valence-corrected chi connectivity index (χ1v) is 12.2. The van der Waals surface area contributed by atoms with E-state index in [4.69, 9.17) is 0 Å². The SMILES string of the molecule is CCN(CC)CC=CC(=O)N1CCc2c(sc3ncnc(N[C@@H](C)c4ccccc4)c23)C1. The topological polar surface area (TPSA) is 61.4 Å². The van der Waals surface area contributed by atoms with Crippen LogP contribution >= 0.6 is 11.3 Å². The first-order chi connectivity index (χ1) is 15.6. The lowest BCUT2D eigenvalue weighted by Crippen LogP contribution is -2.34. The summed E-state index contributed by atoms with van der Waals surface area (Å²) in [6.45, 7) is 10.6. The van der Waals surface area contributed by atoms with Crippen molar-refractivity contribution in [1.29, 1.82) is 0 Å². The number of carbonyl (C=O) groups is 1. The van der Waals surface area contributed by atoms with Crippen LogP contribution in [-0.4, -0.2) is 51.9 Å². The highest BCUT2D eigenvalue weighted by Gasteiger charge is 2.25. The molecule has 0 radical (unpaired) electrons. The van der Waals surface area contributed by atoms with E-state index >= 15 is 0 Å². The van der Waals surface area contributed by atoms with Crippen molar-refractivity contribution in [3.8, 4) is 0 Å². The molecule has 1 atom stereocenters. The molecule has 0 aliphatic carbocycles. The second-order valence-corrected chi connectivity index (χ2v) is 9.16. The standard InChI is InChI=1S/C25H31N5OS/c1-4-29(5-2)14-9-12-22(31)30-15-13-20-21(16-30)32-25-23(20)24(26-17-27-25)28-18(3)19-10-7-6-8-11-19/h6-12,17-18H,4-5,13-16H2,1-3H3,(H,26,27,28)/t18-/m0/s1. The number of hydrogen-bond acceptors (Lipinski definition) is 6. The number of likely N-dealkylation sites (N-methyl/N-ethyl adjacent to an activating group) is 1. The smallest absolute Gasteiger partial charge is 0.246 e. The molecule has 0 bridgehead atoms. The summed E-state index contributed by atoms with van der Waals surface area (Å²) in [4.78, 5) is 28.3. The monoisotopic (exact) mass is 449 g/mol. The predicted molar refractivity (Wildman–Crippen MR) is 132 cm³/mol. The van der Waals surface area contributed by atoms with E-state index in [9.17, 15) is 4.79 Å². The largest absolute Gasteiger partial charge is 0.363 e. The number of fused-ring (bicyclic) bond motifs is 3. The molecule has 2 aromatic heterocycles. The Morgan fingerprint density at radius 3 is 2.78 bits per heavy atom. The molecular formula is C25H31N5OS. The summed E-state index contributed by atoms with van der Waals surface area (Å²) < 4.78 is 0. The third-order valence-corrected chi connectivity index (χ3v) is 7.24. The molecule has 32 heavy (non-hydrogen) atoms. The van der Waals surface area contributed by atoms with Crippen molar-refractivity contribution in [3.05, 3.63) is 64.8 Å². The Bertz CT molecular complexity index is 1090. The molecule has 0 spiro atoms. The average Bonchev–Trinajstić information content (AvgIpc) is 3.21. The molecule has 0 unspecified atom stereocenters. The Balaban J connectivity index is 1.51. The van der Waals surface area contributed by atoms with Gasteiger partial charge in [-0.1, -0.05) is 50.3 Å². The Morgan fingerprint density at radius 2 is 2.03 bits per heavy atom. The van der Waals surface area contributed by atoms with Gasteiger partial charge in [-0.25, -0.2) is 9.97 Å². The molecule has 1 aliphatic rings. The van der Waals surface area contributed by atoms with Crippen molar-refractivity contribution >= 4 is 33.3 Å². The molecule has 0 saturated heterocycles. The minimum absolute atomic E-state index is 0.0856. The minimum atomic E-state index is 0.0856. The Kier molecular flexibility index (Phi) is 7.17. The van der Waals surface area contributed by atoms with E-state index in [0.717, 1.165) is 48.6 Å². The van der Waals surface area contributed by atoms with Crippen LogP contribution in [0.1, 0.15) is 42.8 Å². The number of hydrogen-bond donors (Lipinski definition) is 1. The van der Waals surface area contributed by atoms with Crippen molar-refractivity contribution in [2.24, 2.45) is 0 Å². The van der Waals surface area contributed by atoms with Gasteiger partial charge in [-0.2, -0.15) is 0 Å². The van der Waals surface area contributed by atoms with Gasteiger partial charge >= 0.3 is 0 Å². The zero-order valence-electron chi connectivity index (χ0n) is 19.0. The van der Waals surface area contributed by atoms with Crippen molar-refractivity contribution < 1.29 is 4.79 Å². The number of nitrogens with one attached hydrogen (secondary N) is 1. The fourth-order valence-electron chi connectivity index (χ4n) is 4.15. The van der Waals surface area contributed by atoms with E-state index in [1.54, 1.807) is 23.7 Å². The minimum Gasteiger partial charge on any atom is -0.363 e. The Morgan fingerprint density at radius 1 is 1.25 bits per heavy atom. The van der Waals surface area contributed by atoms with Gasteiger partial charge in [0.2, 0.25) is 5.91 Å². The fraction of sp³-hybridized carbons (Fsp3) is 0.400. The van der Waals surface area contributed by atoms with E-state index in [2.05, 4.69) is 65.2 Å². The summed E-state index contributed by atoms with van der Waals surface area (Å²) >= 11 is 1.68. The summed E-state index contributed by atoms with van der Waals surface area (Å²) in [5.74, 6) is 0.963. The van der Waals surface area contributed by atoms with Gasteiger partial charge in [0.1, 0.15) is 17.0 Å². The molecule has 3 aromatic rings. The van der Waals surface area contributed by atoms with Crippen LogP contribution in [0.15, 0.2) is 48.8 Å². The van der Waals surface area contributed by atoms with Crippen LogP contribution in [0.25, 0.3) is 10.2 Å². The van der Waals surface area contributed by atoms with E-state index < -0.39 is 0 Å². The second kappa shape index (κ2) is 10.2. The zero-order chi connectivity index (χ0) is 22.5. The molecule has 3 heterocycles. The summed E-state index contributed by atoms with van der Waals surface area (Å²) in [5.41, 5.74) is 2.50. The maximum atomic E-state index is 12.7. The van der Waals surface area contributed by atoms with E-state index in [1.807, 2.05) is 17.0 Å². The number of aromatic nitrogens is 2. The molecule has 0 fully saturated rings. The third-order valence-electron chi connectivity index (χ3n) is 6.12. The number of benzene rings is 1. The first-order valence-electron chi connectivity index (χ1n) is 11.3. The maximum Gasteiger partial charge on any atom is 0.246 e. The highest BCUT2D eigenvalue weighted by molar-refractivity contribution is 7.19. The molecule has 168 valence electrons. The summed E-state index contributed by atoms with van der Waals surface area (Å²) in [6, 6.07) is 10.5. The molecule has 1 aromatic carbocycles. The lowest BCUT2D eigenvalue weighted by atomic mass is 10.0. The van der Waals surface area contributed by atoms with Gasteiger partial charge in [0.15, 0.2) is 0 Å². The number of anilines is 1. The molecule has 1 aliphatic heterocycles. The van der Waals surface area contributed by atoms with E-state index in [1.165, 1.54) is 16.0 Å². The van der Waals surface area contributed by atoms with Crippen LogP contribution in [0.2, 0.25) is 0 Å². The molecule has 1 N–H and O–H groups in total. The summed E-state index contributed by atoms with van der Waals surface area (Å²) in [6.07, 6.45) is 6.16. The van der Waals surface area contributed by atoms with Crippen LogP contribution in [0, 0.1) is 0 Å². The molecule has 0 saturated carbocycles. The van der Waals surface area contributed by atoms with Gasteiger partial charge < -0.3 is 15.1 Å². The average molecular weight is 450 g/mol. The fourth-order valence-corrected chi connectivity index (χ4v) is 5.35. The molecule has 1 amide bonds. The van der Waals surface area contributed by atoms with Gasteiger partial charge in [0.05, 0.1) is 11.9 Å². The Labute approximate surface area is 194 Å². The van der Waals surface area contributed by atoms with Crippen LogP contribution in [0.3, 0.4) is 0 Å². The van der Waals surface area contributed by atoms with Gasteiger partial charge in [-0.3, -0.25) is 4.79 Å². The molecular weight excluding hydrogens is 418 g/mol. The predicted octanol–water partition coefficient (Wildman–Crippen LogP) is 4.65. The van der Waals surface area contributed by atoms with E-state index in [-0.39, 0.29) is 11.9 Å². The highest BCUT2D eigenvalue weighted by Crippen LogP contribution is 2.38. The summed E-state index contributed by atoms with van der Waals surface area (Å²) in [5, 5.41) is 4.69. The quantitative estimate of drug-likeness (QED) is 0.508. The first kappa shape index (κ1) is 22.4.